The zero-order valence-electron chi connectivity index (χ0n) is 7.67. The Balaban J connectivity index is 4.58. The van der Waals surface area contributed by atoms with Gasteiger partial charge in [0.05, 0.1) is 0 Å². The molecule has 0 heterocycles. The summed E-state index contributed by atoms with van der Waals surface area (Å²) >= 11 is 4.27. The molecule has 0 bridgehead atoms. The van der Waals surface area contributed by atoms with Crippen molar-refractivity contribution in [3.63, 3.8) is 0 Å². The van der Waals surface area contributed by atoms with Gasteiger partial charge in [0.2, 0.25) is 0 Å². The number of hydrogen-bond acceptors (Lipinski definition) is 2. The van der Waals surface area contributed by atoms with E-state index in [0.29, 0.717) is 5.57 Å². The molecule has 4 nitrogen and oxygen atoms in total. The molecule has 0 aliphatic heterocycles. The van der Waals surface area contributed by atoms with Crippen LogP contribution in [0.1, 0.15) is 0 Å². The maximum atomic E-state index is 11.5. The van der Waals surface area contributed by atoms with Gasteiger partial charge < -0.3 is 0 Å². The monoisotopic (exact) mass is 239 g/mol. The van der Waals surface area contributed by atoms with Gasteiger partial charge in [-0.1, -0.05) is 0 Å². The molecule has 0 atom stereocenters. The van der Waals surface area contributed by atoms with E-state index in [1.807, 2.05) is 0 Å². The number of allylic oxidation sites excluding steroid dienone is 1. The van der Waals surface area contributed by atoms with Crippen molar-refractivity contribution >= 4 is 16.9 Å². The van der Waals surface area contributed by atoms with Crippen molar-refractivity contribution in [3.8, 4) is 0 Å². The van der Waals surface area contributed by atoms with Gasteiger partial charge in [0.1, 0.15) is 0 Å². The van der Waals surface area contributed by atoms with Gasteiger partial charge in [0, 0.05) is 0 Å². The summed E-state index contributed by atoms with van der Waals surface area (Å²) in [5.74, 6) is -1.47. The summed E-state index contributed by atoms with van der Waals surface area (Å²) in [5, 5.41) is 8.45. The third-order valence-corrected chi connectivity index (χ3v) is 1.58. The number of amides is 1. The number of carboxylic acids is 1. The van der Waals surface area contributed by atoms with Crippen molar-refractivity contribution in [2.75, 3.05) is 13.6 Å². The number of carboxylic acid groups (broad SMARTS) is 1. The molecule has 0 unspecified atom stereocenters. The van der Waals surface area contributed by atoms with Gasteiger partial charge in [-0.05, 0) is 0 Å². The summed E-state index contributed by atoms with van der Waals surface area (Å²) in [5.41, 5.74) is 0.292. The van der Waals surface area contributed by atoms with Crippen LogP contribution in [0.15, 0.2) is 24.3 Å². The number of carbonyl (C=O) groups is 2. The van der Waals surface area contributed by atoms with Crippen LogP contribution in [0.4, 0.5) is 0 Å². The standard InChI is InChI=1S/C9H11NO3.Ni/c1-4-7(5-2)9(13)10(3)6-8(11)12;/h1,4-5H,2,6H2,3H3,(H,11,12);/b7-4+;. The fourth-order valence-electron chi connectivity index (χ4n) is 0.779. The van der Waals surface area contributed by atoms with Crippen molar-refractivity contribution in [2.45, 2.75) is 0 Å². The molecule has 0 aromatic heterocycles. The molecule has 0 aliphatic carbocycles. The van der Waals surface area contributed by atoms with Crippen molar-refractivity contribution in [1.29, 1.82) is 0 Å². The molecule has 1 N–H and O–H groups in total. The van der Waals surface area contributed by atoms with E-state index in [4.69, 9.17) is 5.11 Å². The maximum absolute atomic E-state index is 11.5. The minimum atomic E-state index is -1.06. The Morgan fingerprint density at radius 1 is 1.57 bits per heavy atom. The Bertz CT molecular complexity index is 296. The first kappa shape index (κ1) is 12.8. The molecule has 0 saturated heterocycles. The predicted octanol–water partition coefficient (Wildman–Crippen LogP) is -0.00920. The van der Waals surface area contributed by atoms with Gasteiger partial charge in [-0.2, -0.15) is 0 Å². The SMILES string of the molecule is C=C/C(=C\[CH]=[Ni])C(=O)N(C)CC(=O)O. The second-order valence-electron chi connectivity index (χ2n) is 2.49. The van der Waals surface area contributed by atoms with E-state index >= 15 is 0 Å². The van der Waals surface area contributed by atoms with Crippen molar-refractivity contribution < 1.29 is 29.7 Å². The summed E-state index contributed by atoms with van der Waals surface area (Å²) in [6.45, 7) is 3.09. The molecule has 0 radical (unpaired) electrons. The first-order valence-electron chi connectivity index (χ1n) is 3.72. The molecule has 0 aromatic rings. The molecule has 0 aromatic carbocycles. The Morgan fingerprint density at radius 2 is 2.14 bits per heavy atom. The van der Waals surface area contributed by atoms with Gasteiger partial charge in [-0.3, -0.25) is 0 Å². The quantitative estimate of drug-likeness (QED) is 0.417. The van der Waals surface area contributed by atoms with Crippen LogP contribution in [-0.4, -0.2) is 40.5 Å². The predicted molar refractivity (Wildman–Crippen MR) is 49.6 cm³/mol. The average Bonchev–Trinajstić information content (AvgIpc) is 2.12. The van der Waals surface area contributed by atoms with Crippen LogP contribution in [-0.2, 0) is 24.6 Å². The number of aliphatic carboxylic acids is 1. The third kappa shape index (κ3) is 4.14. The molecule has 0 spiro atoms. The zero-order chi connectivity index (χ0) is 11.1. The number of nitrogens with zero attached hydrogens (tertiary/aromatic N) is 1. The molecule has 0 aliphatic rings. The zero-order valence-corrected chi connectivity index (χ0v) is 8.66. The van der Waals surface area contributed by atoms with Crippen molar-refractivity contribution in [1.82, 2.24) is 4.90 Å². The van der Waals surface area contributed by atoms with E-state index in [1.165, 1.54) is 24.2 Å². The van der Waals surface area contributed by atoms with Gasteiger partial charge in [0.15, 0.2) is 0 Å². The first-order chi connectivity index (χ1) is 6.52. The molecule has 0 saturated carbocycles. The number of carbonyl (C=O) groups excluding carboxylic acids is 1. The average molecular weight is 240 g/mol. The van der Waals surface area contributed by atoms with Gasteiger partial charge in [-0.25, -0.2) is 0 Å². The van der Waals surface area contributed by atoms with Crippen molar-refractivity contribution in [2.24, 2.45) is 0 Å². The van der Waals surface area contributed by atoms with E-state index in [9.17, 15) is 9.59 Å². The molecular weight excluding hydrogens is 229 g/mol. The van der Waals surface area contributed by atoms with Crippen LogP contribution in [0.3, 0.4) is 0 Å². The molecule has 1 amide bonds. The fraction of sp³-hybridized carbons (Fsp3) is 0.222. The summed E-state index contributed by atoms with van der Waals surface area (Å²) in [6.07, 6.45) is 2.77. The summed E-state index contributed by atoms with van der Waals surface area (Å²) < 4.78 is 0. The summed E-state index contributed by atoms with van der Waals surface area (Å²) in [7, 11) is 1.40. The Hall–Kier alpha value is -1.22. The fourth-order valence-corrected chi connectivity index (χ4v) is 0.956. The van der Waals surface area contributed by atoms with Gasteiger partial charge >= 0.3 is 89.4 Å². The minimum absolute atomic E-state index is 0.292. The number of rotatable bonds is 5. The van der Waals surface area contributed by atoms with Crippen molar-refractivity contribution in [3.05, 3.63) is 24.3 Å². The summed E-state index contributed by atoms with van der Waals surface area (Å²) in [4.78, 5) is 24.2. The number of hydrogen-bond donors (Lipinski definition) is 1. The Labute approximate surface area is 89.8 Å². The molecule has 14 heavy (non-hydrogen) atoms. The van der Waals surface area contributed by atoms with Crippen LogP contribution >= 0.6 is 0 Å². The van der Waals surface area contributed by atoms with E-state index in [0.717, 1.165) is 4.90 Å². The second kappa shape index (κ2) is 6.27. The molecule has 5 heteroatoms. The molecule has 0 fully saturated rings. The topological polar surface area (TPSA) is 57.6 Å². The van der Waals surface area contributed by atoms with E-state index in [-0.39, 0.29) is 6.54 Å². The van der Waals surface area contributed by atoms with Crippen LogP contribution < -0.4 is 0 Å². The van der Waals surface area contributed by atoms with Crippen LogP contribution in [0.2, 0.25) is 0 Å². The van der Waals surface area contributed by atoms with E-state index in [1.54, 1.807) is 0 Å². The van der Waals surface area contributed by atoms with Crippen LogP contribution in [0.5, 0.6) is 0 Å². The Kier molecular flexibility index (Phi) is 5.72. The second-order valence-corrected chi connectivity index (χ2v) is 2.82. The number of likely N-dealkylation sites (N-methyl/N-ethyl adjacent to an activating group) is 1. The van der Waals surface area contributed by atoms with E-state index in [2.05, 4.69) is 21.6 Å². The normalized spacial score (nSPS) is 10.6. The van der Waals surface area contributed by atoms with Gasteiger partial charge in [0.25, 0.3) is 0 Å². The molecular formula is C9H11NNiO3. The third-order valence-electron chi connectivity index (χ3n) is 1.42. The molecule has 80 valence electrons. The van der Waals surface area contributed by atoms with Gasteiger partial charge in [-0.15, -0.1) is 0 Å². The Morgan fingerprint density at radius 3 is 2.50 bits per heavy atom. The van der Waals surface area contributed by atoms with Crippen LogP contribution in [0, 0.1) is 0 Å². The first-order valence-corrected chi connectivity index (χ1v) is 4.29. The summed E-state index contributed by atoms with van der Waals surface area (Å²) in [6, 6.07) is 0. The van der Waals surface area contributed by atoms with Crippen LogP contribution in [0.25, 0.3) is 0 Å². The van der Waals surface area contributed by atoms with E-state index < -0.39 is 11.9 Å². The molecule has 0 rings (SSSR count).